The molecular weight excluding hydrogens is 221 g/mol. The third-order valence-electron chi connectivity index (χ3n) is 1.19. The van der Waals surface area contributed by atoms with Gasteiger partial charge in [0, 0.05) is 12.4 Å². The van der Waals surface area contributed by atoms with Gasteiger partial charge in [-0.2, -0.15) is 13.2 Å². The summed E-state index contributed by atoms with van der Waals surface area (Å²) in [5, 5.41) is 0. The van der Waals surface area contributed by atoms with Crippen LogP contribution in [0, 0.1) is 0 Å². The second kappa shape index (κ2) is 3.54. The number of nitrogens with zero attached hydrogens (tertiary/aromatic N) is 1. The van der Waals surface area contributed by atoms with Crippen LogP contribution in [0.15, 0.2) is 29.4 Å². The Bertz CT molecular complexity index is 401. The van der Waals surface area contributed by atoms with Crippen LogP contribution in [-0.4, -0.2) is 19.7 Å². The third-order valence-corrected chi connectivity index (χ3v) is 2.56. The molecule has 0 aromatic carbocycles. The van der Waals surface area contributed by atoms with Gasteiger partial charge in [0.2, 0.25) is 10.0 Å². The van der Waals surface area contributed by atoms with E-state index in [1.807, 2.05) is 0 Å². The number of alkyl halides is 3. The van der Waals surface area contributed by atoms with E-state index in [-0.39, 0.29) is 0 Å². The van der Waals surface area contributed by atoms with Gasteiger partial charge in [0.15, 0.2) is 0 Å². The van der Waals surface area contributed by atoms with Gasteiger partial charge < -0.3 is 0 Å². The number of aromatic nitrogens is 1. The van der Waals surface area contributed by atoms with Gasteiger partial charge in [-0.05, 0) is 12.1 Å². The molecule has 0 saturated carbocycles. The minimum atomic E-state index is -4.98. The molecule has 1 rings (SSSR count). The second-order valence-electron chi connectivity index (χ2n) is 2.29. The molecule has 0 bridgehead atoms. The minimum absolute atomic E-state index is 0.530. The van der Waals surface area contributed by atoms with E-state index < -0.39 is 21.2 Å². The highest BCUT2D eigenvalue weighted by atomic mass is 32.2. The minimum Gasteiger partial charge on any atom is -0.263 e. The molecule has 1 N–H and O–H groups in total. The second-order valence-corrected chi connectivity index (χ2v) is 3.97. The van der Waals surface area contributed by atoms with Crippen LogP contribution in [0.4, 0.5) is 13.2 Å². The number of pyridine rings is 1. The first-order valence-electron chi connectivity index (χ1n) is 3.32. The normalized spacial score (nSPS) is 12.8. The molecule has 1 heterocycles. The summed E-state index contributed by atoms with van der Waals surface area (Å²) in [5.74, 6) is 0. The van der Waals surface area contributed by atoms with Crippen LogP contribution < -0.4 is 4.72 Å². The van der Waals surface area contributed by atoms with Crippen molar-refractivity contribution in [3.8, 4) is 0 Å². The maximum atomic E-state index is 11.7. The van der Waals surface area contributed by atoms with Crippen molar-refractivity contribution < 1.29 is 21.6 Å². The molecule has 0 saturated heterocycles. The lowest BCUT2D eigenvalue weighted by molar-refractivity contribution is -0.138. The summed E-state index contributed by atoms with van der Waals surface area (Å²) < 4.78 is 57.7. The molecule has 0 unspecified atom stereocenters. The Labute approximate surface area is 77.8 Å². The number of rotatable bonds is 2. The predicted octanol–water partition coefficient (Wildman–Crippen LogP) is 0.880. The average Bonchev–Trinajstić information content (AvgIpc) is 2.01. The molecule has 0 atom stereocenters. The Hall–Kier alpha value is -1.15. The number of hydrogen-bond acceptors (Lipinski definition) is 3. The van der Waals surface area contributed by atoms with Crippen LogP contribution in [0.3, 0.4) is 0 Å². The van der Waals surface area contributed by atoms with Gasteiger partial charge in [0.05, 0.1) is 0 Å². The van der Waals surface area contributed by atoms with Crippen molar-refractivity contribution in [3.05, 3.63) is 24.5 Å². The van der Waals surface area contributed by atoms with Gasteiger partial charge in [-0.15, -0.1) is 4.72 Å². The molecule has 0 aliphatic carbocycles. The summed E-state index contributed by atoms with van der Waals surface area (Å²) in [5.41, 5.74) is 0. The van der Waals surface area contributed by atoms with E-state index >= 15 is 0 Å². The number of hydrogen-bond donors (Lipinski definition) is 1. The molecule has 1 aromatic rings. The molecule has 1 aromatic heterocycles. The van der Waals surface area contributed by atoms with Crippen molar-refractivity contribution in [1.29, 1.82) is 0 Å². The van der Waals surface area contributed by atoms with Crippen LogP contribution in [0.5, 0.6) is 0 Å². The lowest BCUT2D eigenvalue weighted by Crippen LogP contribution is -2.37. The Morgan fingerprint density at radius 3 is 2.43 bits per heavy atom. The van der Waals surface area contributed by atoms with E-state index in [1.54, 1.807) is 0 Å². The topological polar surface area (TPSA) is 59.1 Å². The summed E-state index contributed by atoms with van der Waals surface area (Å²) in [4.78, 5) is 2.86. The zero-order valence-corrected chi connectivity index (χ0v) is 7.43. The van der Waals surface area contributed by atoms with Crippen molar-refractivity contribution in [2.75, 3.05) is 0 Å². The molecule has 0 radical (unpaired) electrons. The summed E-state index contributed by atoms with van der Waals surface area (Å²) in [6.45, 7) is 0. The molecule has 0 spiro atoms. The van der Waals surface area contributed by atoms with Crippen LogP contribution in [0.1, 0.15) is 0 Å². The maximum absolute atomic E-state index is 11.7. The number of sulfonamides is 1. The highest BCUT2D eigenvalue weighted by molar-refractivity contribution is 7.89. The summed E-state index contributed by atoms with van der Waals surface area (Å²) in [6.07, 6.45) is -2.89. The third kappa shape index (κ3) is 2.96. The van der Waals surface area contributed by atoms with Crippen LogP contribution in [0.2, 0.25) is 0 Å². The Kier molecular flexibility index (Phi) is 2.76. The van der Waals surface area contributed by atoms with Crippen molar-refractivity contribution in [2.24, 2.45) is 0 Å². The van der Waals surface area contributed by atoms with Gasteiger partial charge in [0.25, 0.3) is 0 Å². The van der Waals surface area contributed by atoms with Crippen LogP contribution >= 0.6 is 0 Å². The van der Waals surface area contributed by atoms with Crippen LogP contribution in [0.25, 0.3) is 0 Å². The Morgan fingerprint density at radius 2 is 2.00 bits per heavy atom. The van der Waals surface area contributed by atoms with Gasteiger partial charge >= 0.3 is 6.30 Å². The Morgan fingerprint density at radius 1 is 1.36 bits per heavy atom. The van der Waals surface area contributed by atoms with E-state index in [2.05, 4.69) is 4.98 Å². The zero-order valence-electron chi connectivity index (χ0n) is 6.62. The molecule has 8 heteroatoms. The van der Waals surface area contributed by atoms with Gasteiger partial charge in [-0.3, -0.25) is 4.98 Å². The number of nitrogens with one attached hydrogen (secondary N) is 1. The summed E-state index contributed by atoms with van der Waals surface area (Å²) in [7, 11) is -4.56. The first-order valence-corrected chi connectivity index (χ1v) is 4.80. The highest BCUT2D eigenvalue weighted by Gasteiger charge is 2.34. The first-order chi connectivity index (χ1) is 6.31. The van der Waals surface area contributed by atoms with Crippen molar-refractivity contribution in [2.45, 2.75) is 11.2 Å². The Balaban J connectivity index is 2.99. The summed E-state index contributed by atoms with van der Waals surface area (Å²) >= 11 is 0. The molecule has 0 aliphatic rings. The zero-order chi connectivity index (χ0) is 10.8. The lowest BCUT2D eigenvalue weighted by Gasteiger charge is -2.08. The fourth-order valence-corrected chi connectivity index (χ4v) is 1.60. The van der Waals surface area contributed by atoms with Gasteiger partial charge in [-0.25, -0.2) is 8.42 Å². The maximum Gasteiger partial charge on any atom is 0.470 e. The fourth-order valence-electron chi connectivity index (χ4n) is 0.717. The standard InChI is InChI=1S/C6H5F3N2O2S/c7-6(8,9)11-14(12,13)5-2-1-3-10-4-5/h1-4,11H. The molecule has 4 nitrogen and oxygen atoms in total. The average molecular weight is 226 g/mol. The number of halogens is 3. The van der Waals surface area contributed by atoms with E-state index in [4.69, 9.17) is 0 Å². The predicted molar refractivity (Wildman–Crippen MR) is 40.6 cm³/mol. The molecular formula is C6H5F3N2O2S. The first kappa shape index (κ1) is 10.9. The molecule has 14 heavy (non-hydrogen) atoms. The molecule has 0 fully saturated rings. The molecule has 0 aliphatic heterocycles. The highest BCUT2D eigenvalue weighted by Crippen LogP contribution is 2.15. The monoisotopic (exact) mass is 226 g/mol. The van der Waals surface area contributed by atoms with Crippen molar-refractivity contribution in [3.63, 3.8) is 0 Å². The quantitative estimate of drug-likeness (QED) is 0.761. The van der Waals surface area contributed by atoms with E-state index in [1.165, 1.54) is 12.3 Å². The van der Waals surface area contributed by atoms with Gasteiger partial charge in [0.1, 0.15) is 4.90 Å². The fraction of sp³-hybridized carbons (Fsp3) is 0.167. The largest absolute Gasteiger partial charge is 0.470 e. The van der Waals surface area contributed by atoms with Crippen molar-refractivity contribution in [1.82, 2.24) is 9.71 Å². The molecule has 78 valence electrons. The van der Waals surface area contributed by atoms with E-state index in [0.717, 1.165) is 12.3 Å². The lowest BCUT2D eigenvalue weighted by atomic mass is 10.5. The van der Waals surface area contributed by atoms with E-state index in [0.29, 0.717) is 4.72 Å². The SMILES string of the molecule is O=S(=O)(NC(F)(F)F)c1cccnc1. The smallest absolute Gasteiger partial charge is 0.263 e. The van der Waals surface area contributed by atoms with Gasteiger partial charge in [-0.1, -0.05) is 0 Å². The van der Waals surface area contributed by atoms with Crippen LogP contribution in [-0.2, 0) is 10.0 Å². The summed E-state index contributed by atoms with van der Waals surface area (Å²) in [6, 6.07) is 2.24. The van der Waals surface area contributed by atoms with E-state index in [9.17, 15) is 21.6 Å². The molecule has 0 amide bonds. The van der Waals surface area contributed by atoms with Crippen molar-refractivity contribution >= 4 is 10.0 Å².